The van der Waals surface area contributed by atoms with Gasteiger partial charge in [0.25, 0.3) is 0 Å². The number of hydrogen-bond donors (Lipinski definition) is 2. The van der Waals surface area contributed by atoms with Gasteiger partial charge in [-0.05, 0) is 36.6 Å². The number of hydrogen-bond acceptors (Lipinski definition) is 2. The van der Waals surface area contributed by atoms with Gasteiger partial charge in [-0.3, -0.25) is 4.79 Å². The van der Waals surface area contributed by atoms with Gasteiger partial charge in [-0.2, -0.15) is 0 Å². The van der Waals surface area contributed by atoms with E-state index in [0.29, 0.717) is 12.5 Å². The largest absolute Gasteiger partial charge is 0.481 e. The fraction of sp³-hybridized carbons (Fsp3) is 0.917. The van der Waals surface area contributed by atoms with Gasteiger partial charge >= 0.3 is 5.97 Å². The number of fused-ring (bicyclic) bond motifs is 1. The topological polar surface area (TPSA) is 63.3 Å². The van der Waals surface area contributed by atoms with E-state index in [-0.39, 0.29) is 11.8 Å². The fourth-order valence-corrected chi connectivity index (χ4v) is 3.76. The third-order valence-corrected chi connectivity index (χ3v) is 4.52. The van der Waals surface area contributed by atoms with E-state index >= 15 is 0 Å². The average Bonchev–Trinajstić information content (AvgIpc) is 2.36. The molecule has 3 heteroatoms. The van der Waals surface area contributed by atoms with Crippen molar-refractivity contribution in [3.05, 3.63) is 0 Å². The van der Waals surface area contributed by atoms with Crippen molar-refractivity contribution in [2.24, 2.45) is 23.0 Å². The van der Waals surface area contributed by atoms with E-state index < -0.39 is 5.97 Å². The molecular weight excluding hydrogens is 190 g/mol. The molecule has 2 aliphatic rings. The van der Waals surface area contributed by atoms with E-state index in [2.05, 4.69) is 0 Å². The van der Waals surface area contributed by atoms with Crippen molar-refractivity contribution in [3.63, 3.8) is 0 Å². The van der Waals surface area contributed by atoms with Crippen LogP contribution in [0, 0.1) is 17.3 Å². The zero-order valence-corrected chi connectivity index (χ0v) is 9.24. The van der Waals surface area contributed by atoms with Crippen LogP contribution >= 0.6 is 0 Å². The second-order valence-electron chi connectivity index (χ2n) is 5.35. The smallest absolute Gasteiger partial charge is 0.303 e. The molecule has 0 heterocycles. The van der Waals surface area contributed by atoms with Crippen molar-refractivity contribution in [3.8, 4) is 0 Å². The number of carboxylic acids is 1. The molecule has 0 bridgehead atoms. The summed E-state index contributed by atoms with van der Waals surface area (Å²) in [6.45, 7) is 0.556. The molecule has 0 aromatic heterocycles. The van der Waals surface area contributed by atoms with Crippen molar-refractivity contribution in [2.45, 2.75) is 44.9 Å². The molecule has 3 nitrogen and oxygen atoms in total. The summed E-state index contributed by atoms with van der Waals surface area (Å²) in [7, 11) is 0. The van der Waals surface area contributed by atoms with Gasteiger partial charge in [0.2, 0.25) is 0 Å². The summed E-state index contributed by atoms with van der Waals surface area (Å²) in [6.07, 6.45) is 7.75. The first-order valence-electron chi connectivity index (χ1n) is 6.10. The Morgan fingerprint density at radius 3 is 2.73 bits per heavy atom. The summed E-state index contributed by atoms with van der Waals surface area (Å²) < 4.78 is 0. The zero-order chi connectivity index (χ0) is 10.9. The van der Waals surface area contributed by atoms with Crippen LogP contribution in [0.4, 0.5) is 0 Å². The molecule has 3 N–H and O–H groups in total. The van der Waals surface area contributed by atoms with Crippen LogP contribution in [0.1, 0.15) is 44.9 Å². The molecule has 2 saturated carbocycles. The van der Waals surface area contributed by atoms with Gasteiger partial charge in [0.1, 0.15) is 0 Å². The van der Waals surface area contributed by atoms with Gasteiger partial charge in [0, 0.05) is 0 Å². The van der Waals surface area contributed by atoms with Crippen LogP contribution in [0.2, 0.25) is 0 Å². The summed E-state index contributed by atoms with van der Waals surface area (Å²) in [5, 5.41) is 8.95. The Labute approximate surface area is 91.0 Å². The first kappa shape index (κ1) is 10.9. The monoisotopic (exact) mass is 211 g/mol. The van der Waals surface area contributed by atoms with Crippen molar-refractivity contribution >= 4 is 5.97 Å². The standard InChI is InChI=1S/C12H21NO2/c13-8-12(7-11(14)15)6-9-4-2-1-3-5-10(9)12/h9-10H,1-8,13H2,(H,14,15)/t9-,10-,12+/m1/s1. The highest BCUT2D eigenvalue weighted by molar-refractivity contribution is 5.68. The third-order valence-electron chi connectivity index (χ3n) is 4.52. The summed E-state index contributed by atoms with van der Waals surface area (Å²) in [4.78, 5) is 10.9. The number of carboxylic acid groups (broad SMARTS) is 1. The Morgan fingerprint density at radius 2 is 2.07 bits per heavy atom. The van der Waals surface area contributed by atoms with Crippen LogP contribution < -0.4 is 5.73 Å². The summed E-state index contributed by atoms with van der Waals surface area (Å²) >= 11 is 0. The lowest BCUT2D eigenvalue weighted by Crippen LogP contribution is -2.53. The summed E-state index contributed by atoms with van der Waals surface area (Å²) in [5.41, 5.74) is 5.76. The predicted molar refractivity (Wildman–Crippen MR) is 58.4 cm³/mol. The molecule has 0 aromatic carbocycles. The maximum atomic E-state index is 10.9. The average molecular weight is 211 g/mol. The minimum absolute atomic E-state index is 0.0547. The van der Waals surface area contributed by atoms with Gasteiger partial charge in [0.15, 0.2) is 0 Å². The molecule has 2 fully saturated rings. The molecule has 3 atom stereocenters. The molecule has 0 saturated heterocycles. The van der Waals surface area contributed by atoms with Gasteiger partial charge in [0.05, 0.1) is 6.42 Å². The molecule has 0 radical (unpaired) electrons. The van der Waals surface area contributed by atoms with Gasteiger partial charge in [-0.1, -0.05) is 25.7 Å². The van der Waals surface area contributed by atoms with Crippen molar-refractivity contribution in [1.82, 2.24) is 0 Å². The van der Waals surface area contributed by atoms with E-state index in [0.717, 1.165) is 12.3 Å². The van der Waals surface area contributed by atoms with Crippen LogP contribution in [-0.4, -0.2) is 17.6 Å². The Bertz CT molecular complexity index is 254. The Kier molecular flexibility index (Phi) is 3.01. The number of aliphatic carboxylic acids is 1. The van der Waals surface area contributed by atoms with E-state index in [1.807, 2.05) is 0 Å². The second kappa shape index (κ2) is 4.12. The highest BCUT2D eigenvalue weighted by Gasteiger charge is 2.53. The summed E-state index contributed by atoms with van der Waals surface area (Å²) in [5.74, 6) is 0.694. The molecule has 0 aliphatic heterocycles. The lowest BCUT2D eigenvalue weighted by Gasteiger charge is -2.54. The van der Waals surface area contributed by atoms with Crippen LogP contribution in [0.15, 0.2) is 0 Å². The van der Waals surface area contributed by atoms with E-state index in [4.69, 9.17) is 10.8 Å². The summed E-state index contributed by atoms with van der Waals surface area (Å²) in [6, 6.07) is 0. The van der Waals surface area contributed by atoms with E-state index in [1.165, 1.54) is 32.1 Å². The highest BCUT2D eigenvalue weighted by Crippen LogP contribution is 2.57. The van der Waals surface area contributed by atoms with E-state index in [1.54, 1.807) is 0 Å². The maximum absolute atomic E-state index is 10.9. The van der Waals surface area contributed by atoms with Crippen LogP contribution in [-0.2, 0) is 4.79 Å². The van der Waals surface area contributed by atoms with Crippen LogP contribution in [0.25, 0.3) is 0 Å². The molecule has 0 spiro atoms. The fourth-order valence-electron chi connectivity index (χ4n) is 3.76. The first-order chi connectivity index (χ1) is 7.18. The molecule has 0 unspecified atom stereocenters. The van der Waals surface area contributed by atoms with Gasteiger partial charge < -0.3 is 10.8 Å². The predicted octanol–water partition coefficient (Wildman–Crippen LogP) is 2.01. The molecule has 2 rings (SSSR count). The highest BCUT2D eigenvalue weighted by atomic mass is 16.4. The number of rotatable bonds is 3. The molecule has 86 valence electrons. The Hall–Kier alpha value is -0.570. The first-order valence-corrected chi connectivity index (χ1v) is 6.10. The third kappa shape index (κ3) is 1.89. The van der Waals surface area contributed by atoms with Gasteiger partial charge in [-0.25, -0.2) is 0 Å². The SMILES string of the molecule is NC[C@@]1(CC(=O)O)C[C@H]2CCCCC[C@H]21. The molecular formula is C12H21NO2. The maximum Gasteiger partial charge on any atom is 0.303 e. The van der Waals surface area contributed by atoms with Gasteiger partial charge in [-0.15, -0.1) is 0 Å². The molecule has 15 heavy (non-hydrogen) atoms. The minimum atomic E-state index is -0.678. The number of carbonyl (C=O) groups is 1. The minimum Gasteiger partial charge on any atom is -0.481 e. The lowest BCUT2D eigenvalue weighted by atomic mass is 9.51. The van der Waals surface area contributed by atoms with Crippen molar-refractivity contribution < 1.29 is 9.90 Å². The number of nitrogens with two attached hydrogens (primary N) is 1. The quantitative estimate of drug-likeness (QED) is 0.750. The van der Waals surface area contributed by atoms with Crippen molar-refractivity contribution in [1.29, 1.82) is 0 Å². The van der Waals surface area contributed by atoms with E-state index in [9.17, 15) is 4.79 Å². The molecule has 0 amide bonds. The lowest BCUT2D eigenvalue weighted by molar-refractivity contribution is -0.146. The Morgan fingerprint density at radius 1 is 1.33 bits per heavy atom. The Balaban J connectivity index is 2.05. The van der Waals surface area contributed by atoms with Crippen LogP contribution in [0.3, 0.4) is 0 Å². The molecule has 2 aliphatic carbocycles. The second-order valence-corrected chi connectivity index (χ2v) is 5.35. The molecule has 0 aromatic rings. The van der Waals surface area contributed by atoms with Crippen molar-refractivity contribution in [2.75, 3.05) is 6.54 Å². The normalized spacial score (nSPS) is 40.1. The van der Waals surface area contributed by atoms with Crippen LogP contribution in [0.5, 0.6) is 0 Å². The zero-order valence-electron chi connectivity index (χ0n) is 9.24.